The molecule has 2 aromatic carbocycles. The van der Waals surface area contributed by atoms with Crippen LogP contribution in [0.2, 0.25) is 0 Å². The van der Waals surface area contributed by atoms with Crippen LogP contribution in [0.5, 0.6) is 23.0 Å². The van der Waals surface area contributed by atoms with Crippen molar-refractivity contribution in [2.24, 2.45) is 0 Å². The summed E-state index contributed by atoms with van der Waals surface area (Å²) >= 11 is 0. The number of hydrogen-bond acceptors (Lipinski definition) is 6. The minimum Gasteiger partial charge on any atom is -0.486 e. The van der Waals surface area contributed by atoms with Crippen molar-refractivity contribution in [2.45, 2.75) is 19.3 Å². The summed E-state index contributed by atoms with van der Waals surface area (Å²) < 4.78 is 22.7. The second-order valence-electron chi connectivity index (χ2n) is 8.49. The molecular formula is C25H32N2O4. The molecular weight excluding hydrogens is 392 g/mol. The number of benzene rings is 2. The zero-order chi connectivity index (χ0) is 20.9. The quantitative estimate of drug-likeness (QED) is 0.710. The lowest BCUT2D eigenvalue weighted by Gasteiger charge is -2.23. The first-order valence-corrected chi connectivity index (χ1v) is 11.6. The first kappa shape index (κ1) is 20.5. The van der Waals surface area contributed by atoms with Crippen molar-refractivity contribution < 1.29 is 18.9 Å². The van der Waals surface area contributed by atoms with E-state index < -0.39 is 0 Å². The van der Waals surface area contributed by atoms with Crippen LogP contribution < -0.4 is 18.9 Å². The van der Waals surface area contributed by atoms with E-state index in [2.05, 4.69) is 34.1 Å². The van der Waals surface area contributed by atoms with Gasteiger partial charge in [0, 0.05) is 26.2 Å². The molecule has 3 aliphatic heterocycles. The molecule has 0 saturated carbocycles. The van der Waals surface area contributed by atoms with Crippen LogP contribution in [0.4, 0.5) is 0 Å². The molecule has 166 valence electrons. The summed E-state index contributed by atoms with van der Waals surface area (Å²) in [6.07, 6.45) is 3.32. The second kappa shape index (κ2) is 9.79. The third-order valence-corrected chi connectivity index (χ3v) is 6.33. The molecule has 0 spiro atoms. The Morgan fingerprint density at radius 2 is 1.00 bits per heavy atom. The van der Waals surface area contributed by atoms with E-state index in [0.717, 1.165) is 62.0 Å². The Bertz CT molecular complexity index is 816. The molecule has 0 aliphatic carbocycles. The first-order valence-electron chi connectivity index (χ1n) is 11.6. The van der Waals surface area contributed by atoms with Gasteiger partial charge in [-0.25, -0.2) is 0 Å². The fourth-order valence-corrected chi connectivity index (χ4v) is 4.53. The smallest absolute Gasteiger partial charge is 0.161 e. The highest BCUT2D eigenvalue weighted by atomic mass is 16.6. The van der Waals surface area contributed by atoms with Crippen LogP contribution in [0, 0.1) is 0 Å². The molecule has 0 atom stereocenters. The van der Waals surface area contributed by atoms with E-state index >= 15 is 0 Å². The molecule has 2 aromatic rings. The topological polar surface area (TPSA) is 43.4 Å². The van der Waals surface area contributed by atoms with E-state index in [1.807, 2.05) is 12.1 Å². The molecule has 3 aliphatic rings. The molecule has 0 radical (unpaired) electrons. The highest BCUT2D eigenvalue weighted by Crippen LogP contribution is 2.32. The SMILES string of the molecule is c1cc2c(cc1CCN1CCCN(CCc3ccc4c(c3)OCCO4)CC1)OCCO2. The Morgan fingerprint density at radius 1 is 0.548 bits per heavy atom. The summed E-state index contributed by atoms with van der Waals surface area (Å²) in [5.41, 5.74) is 2.65. The van der Waals surface area contributed by atoms with E-state index in [4.69, 9.17) is 18.9 Å². The van der Waals surface area contributed by atoms with Crippen LogP contribution in [0.1, 0.15) is 17.5 Å². The van der Waals surface area contributed by atoms with Gasteiger partial charge in [-0.3, -0.25) is 0 Å². The Kier molecular flexibility index (Phi) is 6.46. The normalized spacial score (nSPS) is 19.1. The minimum absolute atomic E-state index is 0.644. The lowest BCUT2D eigenvalue weighted by Crippen LogP contribution is -2.33. The zero-order valence-corrected chi connectivity index (χ0v) is 18.2. The largest absolute Gasteiger partial charge is 0.486 e. The van der Waals surface area contributed by atoms with E-state index in [1.54, 1.807) is 0 Å². The highest BCUT2D eigenvalue weighted by Gasteiger charge is 2.17. The lowest BCUT2D eigenvalue weighted by atomic mass is 10.1. The maximum atomic E-state index is 5.72. The average Bonchev–Trinajstić information content (AvgIpc) is 3.06. The Morgan fingerprint density at radius 3 is 1.48 bits per heavy atom. The molecule has 6 heteroatoms. The van der Waals surface area contributed by atoms with Gasteiger partial charge in [-0.05, 0) is 67.7 Å². The molecule has 1 saturated heterocycles. The Balaban J connectivity index is 1.08. The van der Waals surface area contributed by atoms with Crippen LogP contribution >= 0.6 is 0 Å². The molecule has 0 bridgehead atoms. The predicted molar refractivity (Wildman–Crippen MR) is 120 cm³/mol. The van der Waals surface area contributed by atoms with Gasteiger partial charge < -0.3 is 28.7 Å². The standard InChI is InChI=1S/C25H32N2O4/c1-8-26(10-6-20-2-4-22-24(18-20)30-16-14-28-22)12-13-27(9-1)11-7-21-3-5-23-25(19-21)31-17-15-29-23/h2-5,18-19H,1,6-17H2. The van der Waals surface area contributed by atoms with Crippen molar-refractivity contribution in [1.29, 1.82) is 0 Å². The minimum atomic E-state index is 0.644. The Hall–Kier alpha value is -2.44. The molecule has 0 N–H and O–H groups in total. The van der Waals surface area contributed by atoms with Gasteiger partial charge in [-0.15, -0.1) is 0 Å². The molecule has 31 heavy (non-hydrogen) atoms. The van der Waals surface area contributed by atoms with Crippen molar-refractivity contribution in [3.63, 3.8) is 0 Å². The van der Waals surface area contributed by atoms with Crippen LogP contribution in [0.15, 0.2) is 36.4 Å². The number of nitrogens with zero attached hydrogens (tertiary/aromatic N) is 2. The molecule has 1 fully saturated rings. The van der Waals surface area contributed by atoms with Gasteiger partial charge >= 0.3 is 0 Å². The summed E-state index contributed by atoms with van der Waals surface area (Å²) in [7, 11) is 0. The summed E-state index contributed by atoms with van der Waals surface area (Å²) in [5.74, 6) is 3.53. The van der Waals surface area contributed by atoms with E-state index in [-0.39, 0.29) is 0 Å². The van der Waals surface area contributed by atoms with Crippen molar-refractivity contribution in [1.82, 2.24) is 9.80 Å². The van der Waals surface area contributed by atoms with E-state index in [0.29, 0.717) is 26.4 Å². The van der Waals surface area contributed by atoms with E-state index in [1.165, 1.54) is 30.6 Å². The van der Waals surface area contributed by atoms with Gasteiger partial charge in [-0.2, -0.15) is 0 Å². The Labute approximate surface area is 184 Å². The maximum absolute atomic E-state index is 5.72. The average molecular weight is 425 g/mol. The monoisotopic (exact) mass is 424 g/mol. The zero-order valence-electron chi connectivity index (χ0n) is 18.2. The van der Waals surface area contributed by atoms with E-state index in [9.17, 15) is 0 Å². The fourth-order valence-electron chi connectivity index (χ4n) is 4.53. The fraction of sp³-hybridized carbons (Fsp3) is 0.520. The van der Waals surface area contributed by atoms with Crippen molar-refractivity contribution >= 4 is 0 Å². The summed E-state index contributed by atoms with van der Waals surface area (Å²) in [5, 5.41) is 0. The van der Waals surface area contributed by atoms with Gasteiger partial charge in [0.2, 0.25) is 0 Å². The van der Waals surface area contributed by atoms with Gasteiger partial charge in [-0.1, -0.05) is 12.1 Å². The van der Waals surface area contributed by atoms with Crippen LogP contribution in [0.25, 0.3) is 0 Å². The van der Waals surface area contributed by atoms with Crippen molar-refractivity contribution in [3.8, 4) is 23.0 Å². The maximum Gasteiger partial charge on any atom is 0.161 e. The van der Waals surface area contributed by atoms with Gasteiger partial charge in [0.25, 0.3) is 0 Å². The molecule has 3 heterocycles. The van der Waals surface area contributed by atoms with Crippen molar-refractivity contribution in [2.75, 3.05) is 65.7 Å². The highest BCUT2D eigenvalue weighted by molar-refractivity contribution is 5.44. The van der Waals surface area contributed by atoms with Crippen LogP contribution in [0.3, 0.4) is 0 Å². The van der Waals surface area contributed by atoms with Crippen molar-refractivity contribution in [3.05, 3.63) is 47.5 Å². The van der Waals surface area contributed by atoms with Gasteiger partial charge in [0.1, 0.15) is 26.4 Å². The third-order valence-electron chi connectivity index (χ3n) is 6.33. The predicted octanol–water partition coefficient (Wildman–Crippen LogP) is 3.02. The molecule has 0 aromatic heterocycles. The number of hydrogen-bond donors (Lipinski definition) is 0. The third kappa shape index (κ3) is 5.25. The molecule has 6 nitrogen and oxygen atoms in total. The number of rotatable bonds is 6. The second-order valence-corrected chi connectivity index (χ2v) is 8.49. The summed E-state index contributed by atoms with van der Waals surface area (Å²) in [6, 6.07) is 12.7. The van der Waals surface area contributed by atoms with Gasteiger partial charge in [0.05, 0.1) is 0 Å². The van der Waals surface area contributed by atoms with Crippen LogP contribution in [-0.4, -0.2) is 75.5 Å². The number of fused-ring (bicyclic) bond motifs is 2. The van der Waals surface area contributed by atoms with Crippen LogP contribution in [-0.2, 0) is 12.8 Å². The first-order chi connectivity index (χ1) is 15.3. The van der Waals surface area contributed by atoms with Gasteiger partial charge in [0.15, 0.2) is 23.0 Å². The lowest BCUT2D eigenvalue weighted by molar-refractivity contribution is 0.171. The molecule has 5 rings (SSSR count). The number of ether oxygens (including phenoxy) is 4. The molecule has 0 unspecified atom stereocenters. The molecule has 0 amide bonds. The summed E-state index contributed by atoms with van der Waals surface area (Å²) in [4.78, 5) is 5.20. The summed E-state index contributed by atoms with van der Waals surface area (Å²) in [6.45, 7) is 9.37.